The minimum Gasteiger partial charge on any atom is -0.438 e. The van der Waals surface area contributed by atoms with E-state index in [-0.39, 0.29) is 0 Å². The molecule has 3 rings (SSSR count). The molecule has 0 fully saturated rings. The molecule has 1 amide bonds. The molecule has 10 heteroatoms. The third kappa shape index (κ3) is 6.96. The Morgan fingerprint density at radius 3 is 2.57 bits per heavy atom. The van der Waals surface area contributed by atoms with E-state index in [0.717, 1.165) is 4.70 Å². The van der Waals surface area contributed by atoms with Crippen molar-refractivity contribution in [3.8, 4) is 0 Å². The molecule has 186 valence electrons. The van der Waals surface area contributed by atoms with Crippen LogP contribution in [0.1, 0.15) is 37.6 Å². The highest BCUT2D eigenvalue weighted by atomic mass is 35.5. The number of hydrogen-bond acceptors (Lipinski definition) is 6. The number of thiophene rings is 1. The second kappa shape index (κ2) is 11.3. The predicted octanol–water partition coefficient (Wildman–Crippen LogP) is 7.51. The predicted molar refractivity (Wildman–Crippen MR) is 143 cm³/mol. The van der Waals surface area contributed by atoms with Gasteiger partial charge in [0.15, 0.2) is 6.79 Å². The third-order valence-electron chi connectivity index (χ3n) is 5.08. The van der Waals surface area contributed by atoms with Gasteiger partial charge in [-0.05, 0) is 73.0 Å². The van der Waals surface area contributed by atoms with Crippen LogP contribution in [0.15, 0.2) is 54.0 Å². The molecule has 1 aromatic heterocycles. The number of carbonyl (C=O) groups excluding carboxylic acids is 2. The second-order valence-electron chi connectivity index (χ2n) is 8.93. The zero-order valence-corrected chi connectivity index (χ0v) is 22.9. The van der Waals surface area contributed by atoms with Gasteiger partial charge in [-0.2, -0.15) is 0 Å². The third-order valence-corrected chi connectivity index (χ3v) is 8.71. The molecular formula is C25H26Cl2NO5PS. The van der Waals surface area contributed by atoms with Crippen LogP contribution in [0.25, 0.3) is 16.2 Å². The van der Waals surface area contributed by atoms with Gasteiger partial charge in [0.1, 0.15) is 5.66 Å². The van der Waals surface area contributed by atoms with Crippen LogP contribution in [-0.4, -0.2) is 25.3 Å². The molecule has 1 N–H and O–H groups in total. The summed E-state index contributed by atoms with van der Waals surface area (Å²) < 4.78 is 25.3. The topological polar surface area (TPSA) is 81.7 Å². The number of ether oxygens (including phenoxy) is 1. The molecular weight excluding hydrogens is 528 g/mol. The minimum absolute atomic E-state index is 0.487. The van der Waals surface area contributed by atoms with Crippen molar-refractivity contribution in [2.24, 2.45) is 5.41 Å². The first-order valence-corrected chi connectivity index (χ1v) is 14.4. The van der Waals surface area contributed by atoms with Gasteiger partial charge < -0.3 is 10.1 Å². The Hall–Kier alpha value is -2.15. The quantitative estimate of drug-likeness (QED) is 0.177. The van der Waals surface area contributed by atoms with E-state index in [2.05, 4.69) is 5.32 Å². The van der Waals surface area contributed by atoms with Crippen LogP contribution in [-0.2, 0) is 23.4 Å². The van der Waals surface area contributed by atoms with Crippen molar-refractivity contribution in [3.63, 3.8) is 0 Å². The van der Waals surface area contributed by atoms with Crippen molar-refractivity contribution in [2.75, 3.05) is 13.5 Å². The summed E-state index contributed by atoms with van der Waals surface area (Å²) in [6.45, 7) is 5.91. The van der Waals surface area contributed by atoms with E-state index in [1.165, 1.54) is 24.2 Å². The lowest BCUT2D eigenvalue weighted by molar-refractivity contribution is -0.159. The fourth-order valence-electron chi connectivity index (χ4n) is 3.22. The van der Waals surface area contributed by atoms with Crippen LogP contribution < -0.4 is 5.32 Å². The SMILES string of the molecule is CC(C)(C)C(=O)OCOP(C)(=O)C(C(=O)NC=Cc1ccccc1Cl)c1csc2ccc(Cl)cc12. The van der Waals surface area contributed by atoms with Crippen molar-refractivity contribution in [1.82, 2.24) is 5.32 Å². The molecule has 35 heavy (non-hydrogen) atoms. The van der Waals surface area contributed by atoms with E-state index >= 15 is 0 Å². The van der Waals surface area contributed by atoms with Gasteiger partial charge in [-0.1, -0.05) is 41.4 Å². The highest BCUT2D eigenvalue weighted by Gasteiger charge is 2.39. The maximum atomic E-state index is 13.8. The number of amides is 1. The summed E-state index contributed by atoms with van der Waals surface area (Å²) >= 11 is 13.8. The molecule has 2 aromatic carbocycles. The Bertz CT molecular complexity index is 1310. The fraction of sp³-hybridized carbons (Fsp3) is 0.280. The molecule has 0 bridgehead atoms. The average molecular weight is 554 g/mol. The molecule has 0 spiro atoms. The molecule has 0 aliphatic carbocycles. The molecule has 0 radical (unpaired) electrons. The van der Waals surface area contributed by atoms with Crippen molar-refractivity contribution in [2.45, 2.75) is 26.4 Å². The van der Waals surface area contributed by atoms with E-state index in [0.29, 0.717) is 26.6 Å². The summed E-state index contributed by atoms with van der Waals surface area (Å²) in [6.07, 6.45) is 3.09. The summed E-state index contributed by atoms with van der Waals surface area (Å²) in [5.74, 6) is -1.05. The van der Waals surface area contributed by atoms with Gasteiger partial charge >= 0.3 is 5.97 Å². The number of nitrogens with one attached hydrogen (secondary N) is 1. The lowest BCUT2D eigenvalue weighted by Gasteiger charge is -2.24. The Labute approximate surface area is 218 Å². The van der Waals surface area contributed by atoms with Crippen LogP contribution in [0.2, 0.25) is 10.0 Å². The highest BCUT2D eigenvalue weighted by Crippen LogP contribution is 2.59. The smallest absolute Gasteiger partial charge is 0.313 e. The van der Waals surface area contributed by atoms with Crippen molar-refractivity contribution >= 4 is 69.9 Å². The number of rotatable bonds is 8. The van der Waals surface area contributed by atoms with Crippen LogP contribution in [0.4, 0.5) is 0 Å². The minimum atomic E-state index is -3.68. The maximum Gasteiger partial charge on any atom is 0.313 e. The number of halogens is 2. The lowest BCUT2D eigenvalue weighted by Crippen LogP contribution is -2.27. The normalized spacial score (nSPS) is 14.6. The summed E-state index contributed by atoms with van der Waals surface area (Å²) in [4.78, 5) is 25.5. The van der Waals surface area contributed by atoms with E-state index in [1.807, 2.05) is 12.1 Å². The van der Waals surface area contributed by atoms with Gasteiger partial charge in [-0.15, -0.1) is 11.3 Å². The number of esters is 1. The first-order valence-electron chi connectivity index (χ1n) is 10.7. The summed E-state index contributed by atoms with van der Waals surface area (Å²) in [5, 5.41) is 6.17. The number of hydrogen-bond donors (Lipinski definition) is 1. The van der Waals surface area contributed by atoms with Crippen LogP contribution in [0.3, 0.4) is 0 Å². The fourth-order valence-corrected chi connectivity index (χ4v) is 6.29. The van der Waals surface area contributed by atoms with E-state index in [1.54, 1.807) is 62.6 Å². The van der Waals surface area contributed by atoms with Gasteiger partial charge in [0.25, 0.3) is 0 Å². The van der Waals surface area contributed by atoms with Crippen LogP contribution >= 0.6 is 41.9 Å². The molecule has 0 saturated carbocycles. The number of benzene rings is 2. The molecule has 2 unspecified atom stereocenters. The Morgan fingerprint density at radius 1 is 1.17 bits per heavy atom. The average Bonchev–Trinajstić information content (AvgIpc) is 3.16. The second-order valence-corrected chi connectivity index (χ2v) is 13.3. The molecule has 0 aliphatic rings. The largest absolute Gasteiger partial charge is 0.438 e. The van der Waals surface area contributed by atoms with Gasteiger partial charge in [0, 0.05) is 27.6 Å². The molecule has 6 nitrogen and oxygen atoms in total. The van der Waals surface area contributed by atoms with Crippen LogP contribution in [0, 0.1) is 5.41 Å². The number of fused-ring (bicyclic) bond motifs is 1. The molecule has 3 aromatic rings. The van der Waals surface area contributed by atoms with Crippen molar-refractivity contribution in [3.05, 3.63) is 75.2 Å². The van der Waals surface area contributed by atoms with Crippen molar-refractivity contribution in [1.29, 1.82) is 0 Å². The lowest BCUT2D eigenvalue weighted by atomic mass is 9.98. The molecule has 2 atom stereocenters. The van der Waals surface area contributed by atoms with E-state index < -0.39 is 37.1 Å². The summed E-state index contributed by atoms with van der Waals surface area (Å²) in [7, 11) is -3.68. The van der Waals surface area contributed by atoms with Gasteiger partial charge in [-0.25, -0.2) is 0 Å². The standard InChI is InChI=1S/C25H26Cl2NO5PS/c1-25(2,3)24(30)32-15-33-34(4,31)22(19-14-35-21-10-9-17(26)13-18(19)21)23(29)28-12-11-16-7-5-6-8-20(16)27/h5-14,22H,15H2,1-4H3,(H,28,29). The van der Waals surface area contributed by atoms with E-state index in [9.17, 15) is 14.2 Å². The Balaban J connectivity index is 1.90. The molecule has 0 aliphatic heterocycles. The zero-order valence-electron chi connectivity index (χ0n) is 19.7. The first-order chi connectivity index (χ1) is 16.4. The number of carbonyl (C=O) groups is 2. The Morgan fingerprint density at radius 2 is 1.89 bits per heavy atom. The van der Waals surface area contributed by atoms with Gasteiger partial charge in [-0.3, -0.25) is 18.7 Å². The zero-order chi connectivity index (χ0) is 25.8. The van der Waals surface area contributed by atoms with Crippen LogP contribution in [0.5, 0.6) is 0 Å². The van der Waals surface area contributed by atoms with Gasteiger partial charge in [0.05, 0.1) is 5.41 Å². The van der Waals surface area contributed by atoms with E-state index in [4.69, 9.17) is 32.5 Å². The first kappa shape index (κ1) is 27.4. The molecule has 1 heterocycles. The molecule has 0 saturated heterocycles. The van der Waals surface area contributed by atoms with Crippen molar-refractivity contribution < 1.29 is 23.4 Å². The Kier molecular flexibility index (Phi) is 8.84. The monoisotopic (exact) mass is 553 g/mol. The highest BCUT2D eigenvalue weighted by molar-refractivity contribution is 7.59. The summed E-state index contributed by atoms with van der Waals surface area (Å²) in [5.41, 5.74) is -0.686. The van der Waals surface area contributed by atoms with Gasteiger partial charge in [0.2, 0.25) is 13.3 Å². The maximum absolute atomic E-state index is 13.8. The summed E-state index contributed by atoms with van der Waals surface area (Å²) in [6, 6.07) is 12.5.